The number of carbonyl (C=O) groups is 8. The molecule has 0 spiro atoms. The number of rotatable bonds is 30. The molecule has 39 nitrogen and oxygen atoms in total. The summed E-state index contributed by atoms with van der Waals surface area (Å²) in [4.78, 5) is 105. The number of anilines is 1. The van der Waals surface area contributed by atoms with E-state index in [4.69, 9.17) is 45.5 Å². The molecule has 0 unspecified atom stereocenters. The van der Waals surface area contributed by atoms with Crippen molar-refractivity contribution < 1.29 is 88.9 Å². The number of aromatic hydroxyl groups is 1. The number of hydrazone groups is 7. The van der Waals surface area contributed by atoms with Crippen LogP contribution in [0.25, 0.3) is 22.2 Å². The number of aromatic amines is 2. The standard InChI is InChI=1S/C19H13Br3N2O3.C19H14BrN3O3.C15H16N2O3.C14H13BrN2O3.C13H10N4O3.C13H12N2O3.C11H10N4O2/c20-15-8-16(21)19(26)18(22)14(15)9-23-24-17(25)10-27-13-6-5-11-3-1-2-4-12(11)7-13;20-15-6-1-4-13(10-15)18(24)22-16-7-2-5-14(11-16)19(25)23-21-12-17-8-3-9-26-17;1-11-5-3-4-6-14(11)19-10-15(18)17-16-9-13-8-7-12(2)20-13;1-9-13(15)7-12(20-9)8-16-17-14(18)10-3-5-11(19-2)6-4-10;18-13(17-14-8-9-3-1-5-19-9)11-7-10(15-16-11)12-4-2-6-20-12;1-17-11-6-4-10(5-7-11)13(16)15-14-9-12-3-2-8-18-12;16-10-6-5-9(13-14-10)11(17)15-12-7-8-3-1-2-4-8/h1-9,26H,10H2,(H,24,25);1-12H,(H,22,24)(H,23,25);3-9H,10H2,1-2H3,(H,17,18);3-8H,1-2H3,(H,17,18);1-8H,(H,15,16)(H,17,18);2-9H,1H3,(H,15,16);1-3,5-7H,4H2,(H,14,16)(H,15,17)/b23-9+;21-12+;16-9+;16-8+;14-8+;14-9+;12-7+. The van der Waals surface area contributed by atoms with Crippen molar-refractivity contribution in [2.75, 3.05) is 32.8 Å². The predicted molar refractivity (Wildman–Crippen MR) is 573 cm³/mol. The van der Waals surface area contributed by atoms with Crippen LogP contribution in [-0.2, 0) is 9.59 Å². The van der Waals surface area contributed by atoms with Crippen LogP contribution in [0.4, 0.5) is 5.69 Å². The van der Waals surface area contributed by atoms with Gasteiger partial charge in [0.2, 0.25) is 0 Å². The maximum atomic E-state index is 12.3. The molecule has 16 aromatic rings. The average molecular weight is 2320 g/mol. The molecule has 0 radical (unpaired) electrons. The van der Waals surface area contributed by atoms with E-state index in [9.17, 15) is 48.3 Å². The molecule has 8 amide bonds. The third-order valence-corrected chi connectivity index (χ3v) is 22.4. The summed E-state index contributed by atoms with van der Waals surface area (Å²) in [5, 5.41) is 53.9. The molecule has 11 N–H and O–H groups in total. The topological polar surface area (TPSA) is 530 Å². The Hall–Kier alpha value is -17.9. The molecule has 0 aliphatic heterocycles. The summed E-state index contributed by atoms with van der Waals surface area (Å²) < 4.78 is 55.3. The molecule has 44 heteroatoms. The summed E-state index contributed by atoms with van der Waals surface area (Å²) in [5.74, 6) is 4.82. The van der Waals surface area contributed by atoms with Crippen LogP contribution in [0.5, 0.6) is 28.7 Å². The molecular weight excluding hydrogens is 2230 g/mol. The minimum absolute atomic E-state index is 0.0469. The molecule has 8 aromatic heterocycles. The van der Waals surface area contributed by atoms with Crippen LogP contribution in [0, 0.1) is 20.8 Å². The zero-order valence-electron chi connectivity index (χ0n) is 78.6. The van der Waals surface area contributed by atoms with Crippen LogP contribution in [0.3, 0.4) is 0 Å². The summed E-state index contributed by atoms with van der Waals surface area (Å²) in [6.45, 7) is 5.34. The van der Waals surface area contributed by atoms with Crippen LogP contribution in [0.2, 0.25) is 0 Å². The third-order valence-electron chi connectivity index (χ3n) is 19.1. The quantitative estimate of drug-likeness (QED) is 0.0147. The number of fused-ring (bicyclic) bond motifs is 1. The number of ether oxygens (including phenoxy) is 4. The number of carbonyl (C=O) groups excluding carboxylic acids is 8. The lowest BCUT2D eigenvalue weighted by molar-refractivity contribution is -0.123. The van der Waals surface area contributed by atoms with E-state index in [-0.39, 0.29) is 59.5 Å². The van der Waals surface area contributed by atoms with Gasteiger partial charge in [0.05, 0.1) is 96.2 Å². The Kier molecular flexibility index (Phi) is 43.8. The Morgan fingerprint density at radius 2 is 0.946 bits per heavy atom. The van der Waals surface area contributed by atoms with Crippen molar-refractivity contribution in [2.24, 2.45) is 35.7 Å². The molecule has 8 aromatic carbocycles. The molecule has 754 valence electrons. The van der Waals surface area contributed by atoms with Crippen LogP contribution < -0.4 is 67.8 Å². The second-order valence-corrected chi connectivity index (χ2v) is 34.0. The number of phenolic OH excluding ortho intramolecular Hbond substituents is 1. The number of para-hydroxylation sites is 1. The minimum Gasteiger partial charge on any atom is -0.506 e. The Morgan fingerprint density at radius 3 is 1.49 bits per heavy atom. The maximum Gasteiger partial charge on any atom is 0.291 e. The van der Waals surface area contributed by atoms with Crippen LogP contribution in [0.15, 0.2) is 393 Å². The largest absolute Gasteiger partial charge is 0.506 e. The smallest absolute Gasteiger partial charge is 0.291 e. The highest BCUT2D eigenvalue weighted by molar-refractivity contribution is 9.12. The van der Waals surface area contributed by atoms with Gasteiger partial charge in [-0.05, 0) is 273 Å². The fraction of sp³-hybridized carbons (Fsp3) is 0.0769. The van der Waals surface area contributed by atoms with Crippen molar-refractivity contribution in [2.45, 2.75) is 27.2 Å². The molecule has 1 aliphatic rings. The first-order chi connectivity index (χ1) is 71.7. The number of H-pyrrole nitrogens is 2. The first-order valence-corrected chi connectivity index (χ1v) is 47.5. The number of phenols is 1. The number of allylic oxidation sites excluding steroid dienone is 4. The van der Waals surface area contributed by atoms with Crippen molar-refractivity contribution in [3.8, 4) is 40.2 Å². The van der Waals surface area contributed by atoms with E-state index in [0.717, 1.165) is 48.8 Å². The molecule has 8 heterocycles. The van der Waals surface area contributed by atoms with Crippen molar-refractivity contribution in [1.29, 1.82) is 0 Å². The average Bonchev–Trinajstić information content (AvgIpc) is 1.55. The van der Waals surface area contributed by atoms with Gasteiger partial charge in [0.1, 0.15) is 74.8 Å². The number of methoxy groups -OCH3 is 2. The Bertz CT molecular complexity index is 7460. The van der Waals surface area contributed by atoms with Gasteiger partial charge in [-0.15, -0.1) is 0 Å². The first-order valence-electron chi connectivity index (χ1n) is 43.6. The van der Waals surface area contributed by atoms with Gasteiger partial charge in [0, 0.05) is 60.6 Å². The van der Waals surface area contributed by atoms with Gasteiger partial charge in [0.25, 0.3) is 52.8 Å². The molecule has 0 saturated carbocycles. The number of nitrogens with one attached hydrogen (secondary N) is 10. The van der Waals surface area contributed by atoms with Gasteiger partial charge in [0.15, 0.2) is 30.4 Å². The van der Waals surface area contributed by atoms with Crippen molar-refractivity contribution >= 4 is 187 Å². The number of amides is 8. The molecule has 148 heavy (non-hydrogen) atoms. The molecule has 0 saturated heterocycles. The molecule has 17 rings (SSSR count). The Labute approximate surface area is 884 Å². The number of halogens is 5. The lowest BCUT2D eigenvalue weighted by Gasteiger charge is -2.07. The van der Waals surface area contributed by atoms with Crippen LogP contribution >= 0.6 is 79.6 Å². The second-order valence-electron chi connectivity index (χ2n) is 29.7. The highest BCUT2D eigenvalue weighted by atomic mass is 79.9. The normalized spacial score (nSPS) is 11.2. The van der Waals surface area contributed by atoms with Crippen molar-refractivity contribution in [3.05, 3.63) is 421 Å². The lowest BCUT2D eigenvalue weighted by Crippen LogP contribution is -2.24. The monoisotopic (exact) mass is 2320 g/mol. The predicted octanol–water partition coefficient (Wildman–Crippen LogP) is 19.4. The van der Waals surface area contributed by atoms with Crippen LogP contribution in [-0.4, -0.2) is 144 Å². The summed E-state index contributed by atoms with van der Waals surface area (Å²) in [6.07, 6.45) is 22.9. The molecule has 1 aliphatic carbocycles. The number of hydrogen-bond acceptors (Lipinski definition) is 29. The van der Waals surface area contributed by atoms with E-state index in [0.29, 0.717) is 110 Å². The Balaban J connectivity index is 0.000000165. The van der Waals surface area contributed by atoms with E-state index < -0.39 is 23.6 Å². The number of nitrogens with zero attached hydrogens (tertiary/aromatic N) is 9. The summed E-state index contributed by atoms with van der Waals surface area (Å²) in [5.41, 5.74) is 22.3. The minimum atomic E-state index is -0.468. The Morgan fingerprint density at radius 1 is 0.419 bits per heavy atom. The van der Waals surface area contributed by atoms with Crippen molar-refractivity contribution in [1.82, 2.24) is 58.4 Å². The summed E-state index contributed by atoms with van der Waals surface area (Å²) in [6, 6.07) is 73.3. The SMILES string of the molecule is COc1ccc(C(=O)N/N=C/c2cc(Br)c(C)o2)cc1.COc1ccc(C(=O)N/N=C/c2ccco2)cc1.Cc1ccc(/C=N/NC(=O)COc2ccccc2C)o1.O=C(COc1ccc2ccccc2c1)N/N=C/c1c(Br)cc(Br)c(O)c1Br.O=C(N/N=C/C1=CC=CC1)c1ccc(=O)[nH]n1.O=C(N/N=C/c1ccco1)c1cc(-c2ccco2)[nH]n1.O=C(N/N=C/c1ccco1)c1cccc(NC(=O)c2cccc(Br)c2)c1. The lowest BCUT2D eigenvalue weighted by atomic mass is 10.1. The van der Waals surface area contributed by atoms with Crippen LogP contribution in [0.1, 0.15) is 120 Å². The number of aryl methyl sites for hydroxylation is 3. The highest BCUT2D eigenvalue weighted by Gasteiger charge is 2.18. The first kappa shape index (κ1) is 110. The van der Waals surface area contributed by atoms with Gasteiger partial charge in [-0.2, -0.15) is 45.9 Å². The molecule has 0 atom stereocenters. The number of furan rings is 6. The van der Waals surface area contributed by atoms with Gasteiger partial charge in [-0.25, -0.2) is 43.1 Å². The highest BCUT2D eigenvalue weighted by Crippen LogP contribution is 2.39. The number of aromatic nitrogens is 4. The second kappa shape index (κ2) is 58.6. The maximum absolute atomic E-state index is 12.3. The van der Waals surface area contributed by atoms with Gasteiger partial charge in [-0.1, -0.05) is 111 Å². The fourth-order valence-corrected chi connectivity index (χ4v) is 14.8. The van der Waals surface area contributed by atoms with Crippen molar-refractivity contribution in [3.63, 3.8) is 0 Å². The van der Waals surface area contributed by atoms with E-state index in [1.54, 1.807) is 190 Å². The molecular formula is C104H88Br5N19O20. The van der Waals surface area contributed by atoms with Gasteiger partial charge >= 0.3 is 0 Å². The summed E-state index contributed by atoms with van der Waals surface area (Å²) in [7, 11) is 3.14. The zero-order chi connectivity index (χ0) is 105. The fourth-order valence-electron chi connectivity index (χ4n) is 11.7. The third kappa shape index (κ3) is 37.1. The summed E-state index contributed by atoms with van der Waals surface area (Å²) >= 11 is 16.6. The van der Waals surface area contributed by atoms with E-state index in [2.05, 4.69) is 179 Å². The zero-order valence-corrected chi connectivity index (χ0v) is 86.5. The molecule has 0 fully saturated rings. The van der Waals surface area contributed by atoms with Gasteiger partial charge in [-0.3, -0.25) is 48.2 Å². The van der Waals surface area contributed by atoms with E-state index in [1.165, 1.54) is 68.2 Å². The molecule has 0 bridgehead atoms. The van der Waals surface area contributed by atoms with Gasteiger partial charge < -0.3 is 55.9 Å². The van der Waals surface area contributed by atoms with E-state index >= 15 is 0 Å². The number of hydrogen-bond donors (Lipinski definition) is 11. The van der Waals surface area contributed by atoms with E-state index in [1.807, 2.05) is 118 Å². The number of benzene rings is 8.